The Balaban J connectivity index is 2.27. The van der Waals surface area contributed by atoms with Crippen LogP contribution in [0.1, 0.15) is 26.7 Å². The highest BCUT2D eigenvalue weighted by Crippen LogP contribution is 2.22. The fraction of sp³-hybridized carbons (Fsp3) is 0.900. The Kier molecular flexibility index (Phi) is 4.35. The highest BCUT2D eigenvalue weighted by molar-refractivity contribution is 5.80. The molecular formula is C10H20N2O2. The van der Waals surface area contributed by atoms with Gasteiger partial charge in [0.2, 0.25) is 5.91 Å². The molecule has 0 saturated carbocycles. The van der Waals surface area contributed by atoms with Crippen molar-refractivity contribution in [1.82, 2.24) is 5.32 Å². The third kappa shape index (κ3) is 2.96. The molecular weight excluding hydrogens is 180 g/mol. The van der Waals surface area contributed by atoms with Crippen molar-refractivity contribution < 1.29 is 9.53 Å². The van der Waals surface area contributed by atoms with Crippen LogP contribution in [0.2, 0.25) is 0 Å². The highest BCUT2D eigenvalue weighted by Gasteiger charge is 2.26. The van der Waals surface area contributed by atoms with E-state index in [1.54, 1.807) is 6.92 Å². The van der Waals surface area contributed by atoms with Crippen molar-refractivity contribution in [3.8, 4) is 0 Å². The van der Waals surface area contributed by atoms with Gasteiger partial charge >= 0.3 is 0 Å². The van der Waals surface area contributed by atoms with Crippen LogP contribution in [-0.2, 0) is 9.53 Å². The lowest BCUT2D eigenvalue weighted by atomic mass is 9.99. The Morgan fingerprint density at radius 3 is 3.00 bits per heavy atom. The second-order valence-corrected chi connectivity index (χ2v) is 3.90. The van der Waals surface area contributed by atoms with Gasteiger partial charge in [-0.2, -0.15) is 0 Å². The molecule has 1 heterocycles. The van der Waals surface area contributed by atoms with Crippen LogP contribution in [0, 0.1) is 5.92 Å². The maximum absolute atomic E-state index is 11.2. The maximum atomic E-state index is 11.2. The second-order valence-electron chi connectivity index (χ2n) is 3.90. The Bertz CT molecular complexity index is 195. The van der Waals surface area contributed by atoms with Gasteiger partial charge < -0.3 is 15.8 Å². The number of nitrogens with one attached hydrogen (secondary N) is 1. The van der Waals surface area contributed by atoms with E-state index in [0.717, 1.165) is 19.4 Å². The standard InChI is InChI=1S/C10H20N2O2/c1-3-9-8(4-5-14-9)6-12-10(13)7(2)11/h7-9H,3-6,11H2,1-2H3,(H,12,13)/t7-,8?,9?/m1/s1. The van der Waals surface area contributed by atoms with E-state index in [1.165, 1.54) is 0 Å². The summed E-state index contributed by atoms with van der Waals surface area (Å²) in [6.07, 6.45) is 2.36. The predicted molar refractivity (Wildman–Crippen MR) is 54.8 cm³/mol. The summed E-state index contributed by atoms with van der Waals surface area (Å²) >= 11 is 0. The van der Waals surface area contributed by atoms with Crippen LogP contribution < -0.4 is 11.1 Å². The van der Waals surface area contributed by atoms with Crippen LogP contribution >= 0.6 is 0 Å². The summed E-state index contributed by atoms with van der Waals surface area (Å²) in [5.41, 5.74) is 5.44. The maximum Gasteiger partial charge on any atom is 0.236 e. The van der Waals surface area contributed by atoms with Crippen molar-refractivity contribution in [2.75, 3.05) is 13.2 Å². The fourth-order valence-electron chi connectivity index (χ4n) is 1.77. The van der Waals surface area contributed by atoms with Gasteiger partial charge in [0.05, 0.1) is 12.1 Å². The van der Waals surface area contributed by atoms with Crippen LogP contribution in [0.5, 0.6) is 0 Å². The van der Waals surface area contributed by atoms with Gasteiger partial charge in [-0.25, -0.2) is 0 Å². The first-order valence-corrected chi connectivity index (χ1v) is 5.30. The molecule has 0 aromatic carbocycles. The van der Waals surface area contributed by atoms with Gasteiger partial charge in [0.25, 0.3) is 0 Å². The van der Waals surface area contributed by atoms with Crippen molar-refractivity contribution in [2.45, 2.75) is 38.8 Å². The van der Waals surface area contributed by atoms with Crippen molar-refractivity contribution in [3.63, 3.8) is 0 Å². The molecule has 0 aliphatic carbocycles. The zero-order valence-corrected chi connectivity index (χ0v) is 8.95. The van der Waals surface area contributed by atoms with Crippen molar-refractivity contribution in [3.05, 3.63) is 0 Å². The summed E-state index contributed by atoms with van der Waals surface area (Å²) in [7, 11) is 0. The third-order valence-corrected chi connectivity index (χ3v) is 2.70. The number of amides is 1. The zero-order valence-electron chi connectivity index (χ0n) is 8.95. The van der Waals surface area contributed by atoms with E-state index in [9.17, 15) is 4.79 Å². The molecule has 0 radical (unpaired) electrons. The van der Waals surface area contributed by atoms with Crippen LogP contribution in [0.3, 0.4) is 0 Å². The number of carbonyl (C=O) groups is 1. The van der Waals surface area contributed by atoms with E-state index in [2.05, 4.69) is 12.2 Å². The molecule has 0 spiro atoms. The molecule has 3 N–H and O–H groups in total. The van der Waals surface area contributed by atoms with Crippen LogP contribution in [0.25, 0.3) is 0 Å². The van der Waals surface area contributed by atoms with Crippen molar-refractivity contribution in [1.29, 1.82) is 0 Å². The van der Waals surface area contributed by atoms with Gasteiger partial charge in [0.15, 0.2) is 0 Å². The molecule has 3 atom stereocenters. The number of ether oxygens (including phenoxy) is 1. The average Bonchev–Trinajstić information content (AvgIpc) is 2.60. The molecule has 14 heavy (non-hydrogen) atoms. The first kappa shape index (κ1) is 11.5. The second kappa shape index (κ2) is 5.32. The summed E-state index contributed by atoms with van der Waals surface area (Å²) in [5, 5.41) is 2.84. The summed E-state index contributed by atoms with van der Waals surface area (Å²) in [6.45, 7) is 5.31. The van der Waals surface area contributed by atoms with Crippen LogP contribution in [-0.4, -0.2) is 31.2 Å². The van der Waals surface area contributed by atoms with Gasteiger partial charge in [0.1, 0.15) is 0 Å². The zero-order chi connectivity index (χ0) is 10.6. The van der Waals surface area contributed by atoms with Crippen LogP contribution in [0.15, 0.2) is 0 Å². The largest absolute Gasteiger partial charge is 0.378 e. The van der Waals surface area contributed by atoms with Gasteiger partial charge in [0, 0.05) is 19.1 Å². The number of nitrogens with two attached hydrogens (primary N) is 1. The number of carbonyl (C=O) groups excluding carboxylic acids is 1. The van der Waals surface area contributed by atoms with Crippen molar-refractivity contribution >= 4 is 5.91 Å². The van der Waals surface area contributed by atoms with E-state index in [1.807, 2.05) is 0 Å². The highest BCUT2D eigenvalue weighted by atomic mass is 16.5. The normalized spacial score (nSPS) is 28.8. The minimum absolute atomic E-state index is 0.0771. The molecule has 0 aromatic rings. The fourth-order valence-corrected chi connectivity index (χ4v) is 1.77. The number of hydrogen-bond acceptors (Lipinski definition) is 3. The Labute approximate surface area is 85.2 Å². The quantitative estimate of drug-likeness (QED) is 0.684. The first-order valence-electron chi connectivity index (χ1n) is 5.30. The van der Waals surface area contributed by atoms with Gasteiger partial charge in [-0.3, -0.25) is 4.79 Å². The summed E-state index contributed by atoms with van der Waals surface area (Å²) < 4.78 is 5.52. The Morgan fingerprint density at radius 2 is 2.43 bits per heavy atom. The molecule has 2 unspecified atom stereocenters. The number of rotatable bonds is 4. The average molecular weight is 200 g/mol. The SMILES string of the molecule is CCC1OCCC1CNC(=O)[C@@H](C)N. The lowest BCUT2D eigenvalue weighted by molar-refractivity contribution is -0.122. The van der Waals surface area contributed by atoms with E-state index in [4.69, 9.17) is 10.5 Å². The number of hydrogen-bond donors (Lipinski definition) is 2. The minimum atomic E-state index is -0.419. The molecule has 1 aliphatic heterocycles. The molecule has 1 saturated heterocycles. The summed E-state index contributed by atoms with van der Waals surface area (Å²) in [6, 6.07) is -0.419. The van der Waals surface area contributed by atoms with E-state index < -0.39 is 6.04 Å². The molecule has 1 aliphatic rings. The monoisotopic (exact) mass is 200 g/mol. The molecule has 0 aromatic heterocycles. The molecule has 4 nitrogen and oxygen atoms in total. The lowest BCUT2D eigenvalue weighted by Gasteiger charge is -2.17. The lowest BCUT2D eigenvalue weighted by Crippen LogP contribution is -2.41. The summed E-state index contributed by atoms with van der Waals surface area (Å²) in [4.78, 5) is 11.2. The Hall–Kier alpha value is -0.610. The third-order valence-electron chi connectivity index (χ3n) is 2.70. The minimum Gasteiger partial charge on any atom is -0.378 e. The molecule has 1 amide bonds. The molecule has 1 fully saturated rings. The topological polar surface area (TPSA) is 64.3 Å². The van der Waals surface area contributed by atoms with E-state index in [0.29, 0.717) is 18.6 Å². The van der Waals surface area contributed by atoms with Crippen molar-refractivity contribution in [2.24, 2.45) is 11.7 Å². The molecule has 4 heteroatoms. The van der Waals surface area contributed by atoms with Crippen LogP contribution in [0.4, 0.5) is 0 Å². The van der Waals surface area contributed by atoms with Gasteiger partial charge in [-0.15, -0.1) is 0 Å². The van der Waals surface area contributed by atoms with E-state index in [-0.39, 0.29) is 5.91 Å². The summed E-state index contributed by atoms with van der Waals surface area (Å²) in [5.74, 6) is 0.384. The predicted octanol–water partition coefficient (Wildman–Crippen LogP) is 0.265. The molecule has 82 valence electrons. The molecule has 1 rings (SSSR count). The first-order chi connectivity index (χ1) is 6.65. The van der Waals surface area contributed by atoms with E-state index >= 15 is 0 Å². The smallest absolute Gasteiger partial charge is 0.236 e. The van der Waals surface area contributed by atoms with Gasteiger partial charge in [-0.1, -0.05) is 6.92 Å². The van der Waals surface area contributed by atoms with Gasteiger partial charge in [-0.05, 0) is 19.8 Å². The Morgan fingerprint density at radius 1 is 1.71 bits per heavy atom. The molecule has 0 bridgehead atoms.